The van der Waals surface area contributed by atoms with Crippen molar-refractivity contribution in [1.29, 1.82) is 0 Å². The number of halogens is 6. The number of aryl methyl sites for hydroxylation is 1. The lowest BCUT2D eigenvalue weighted by Gasteiger charge is -2.29. The van der Waals surface area contributed by atoms with Crippen LogP contribution < -0.4 is 5.32 Å². The van der Waals surface area contributed by atoms with Crippen LogP contribution in [0.2, 0.25) is 10.0 Å². The van der Waals surface area contributed by atoms with E-state index in [1.165, 1.54) is 18.2 Å². The third kappa shape index (κ3) is 4.51. The number of carbonyl (C=O) groups is 2. The average molecular weight is 548 g/mol. The molecular formula is C23H19Cl2F4N3O4. The Kier molecular flexibility index (Phi) is 6.93. The summed E-state index contributed by atoms with van der Waals surface area (Å²) in [6.45, 7) is 3.66. The number of nitrogens with one attached hydrogen (secondary N) is 1. The molecule has 2 aliphatic heterocycles. The summed E-state index contributed by atoms with van der Waals surface area (Å²) in [5, 5.41) is 6.23. The van der Waals surface area contributed by atoms with Crippen LogP contribution in [0.5, 0.6) is 0 Å². The Hall–Kier alpha value is -2.89. The van der Waals surface area contributed by atoms with Gasteiger partial charge in [0.2, 0.25) is 0 Å². The zero-order chi connectivity index (χ0) is 26.4. The first-order valence-corrected chi connectivity index (χ1v) is 11.5. The predicted octanol–water partition coefficient (Wildman–Crippen LogP) is 4.92. The molecule has 13 heteroatoms. The number of nitrogens with zero attached hydrogens (tertiary/aromatic N) is 2. The second-order valence-electron chi connectivity index (χ2n) is 8.27. The Morgan fingerprint density at radius 2 is 1.92 bits per heavy atom. The highest BCUT2D eigenvalue weighted by atomic mass is 35.5. The standard InChI is InChI=1S/C23H19Cl2F4N3O4/c1-3-32-21(34)18(10-35-32)30-20(33)14-5-4-12(6-11(14)2)17-9-22(36-31-17,23(27,28)29)13-7-15(24)19(26)16(25)8-13/h4-8,18H,3,9-10H2,1-2H3,(H,30,33). The highest BCUT2D eigenvalue weighted by Crippen LogP contribution is 2.50. The number of carbonyl (C=O) groups excluding carboxylic acids is 2. The minimum atomic E-state index is -4.94. The Bertz CT molecular complexity index is 1250. The molecule has 0 radical (unpaired) electrons. The van der Waals surface area contributed by atoms with Gasteiger partial charge in [-0.25, -0.2) is 9.45 Å². The maximum Gasteiger partial charge on any atom is 0.435 e. The van der Waals surface area contributed by atoms with Crippen molar-refractivity contribution in [2.45, 2.75) is 38.1 Å². The summed E-state index contributed by atoms with van der Waals surface area (Å²) in [5.41, 5.74) is -2.53. The number of alkyl halides is 3. The number of likely N-dealkylation sites (N-methyl/N-ethyl adjacent to an activating group) is 1. The fourth-order valence-corrected chi connectivity index (χ4v) is 4.49. The van der Waals surface area contributed by atoms with Gasteiger partial charge in [0.05, 0.1) is 15.8 Å². The van der Waals surface area contributed by atoms with E-state index in [-0.39, 0.29) is 29.4 Å². The molecular weight excluding hydrogens is 529 g/mol. The van der Waals surface area contributed by atoms with E-state index in [1.807, 2.05) is 0 Å². The minimum absolute atomic E-state index is 0.000628. The number of hydrogen-bond acceptors (Lipinski definition) is 5. The van der Waals surface area contributed by atoms with Crippen LogP contribution in [0.25, 0.3) is 0 Å². The van der Waals surface area contributed by atoms with E-state index in [2.05, 4.69) is 10.5 Å². The van der Waals surface area contributed by atoms with Crippen LogP contribution in [0.15, 0.2) is 35.5 Å². The lowest BCUT2D eigenvalue weighted by atomic mass is 9.86. The first kappa shape index (κ1) is 26.2. The second kappa shape index (κ2) is 9.53. The molecule has 1 saturated heterocycles. The fourth-order valence-electron chi connectivity index (χ4n) is 4.00. The molecule has 7 nitrogen and oxygen atoms in total. The molecule has 2 aromatic carbocycles. The molecule has 2 atom stereocenters. The topological polar surface area (TPSA) is 80.2 Å². The van der Waals surface area contributed by atoms with E-state index in [0.717, 1.165) is 17.2 Å². The van der Waals surface area contributed by atoms with Crippen LogP contribution >= 0.6 is 23.2 Å². The van der Waals surface area contributed by atoms with Gasteiger partial charge in [-0.05, 0) is 49.2 Å². The number of oxime groups is 1. The zero-order valence-corrected chi connectivity index (χ0v) is 20.4. The maximum atomic E-state index is 14.2. The van der Waals surface area contributed by atoms with E-state index in [0.29, 0.717) is 12.1 Å². The smallest absolute Gasteiger partial charge is 0.374 e. The van der Waals surface area contributed by atoms with Crippen molar-refractivity contribution >= 4 is 40.7 Å². The van der Waals surface area contributed by atoms with Gasteiger partial charge in [0.15, 0.2) is 5.82 Å². The van der Waals surface area contributed by atoms with Crippen molar-refractivity contribution < 1.29 is 36.8 Å². The van der Waals surface area contributed by atoms with Gasteiger partial charge in [-0.3, -0.25) is 14.4 Å². The van der Waals surface area contributed by atoms with Gasteiger partial charge in [0.1, 0.15) is 12.6 Å². The molecule has 2 aliphatic rings. The number of benzene rings is 2. The maximum absolute atomic E-state index is 14.2. The summed E-state index contributed by atoms with van der Waals surface area (Å²) in [5.74, 6) is -1.96. The molecule has 1 fully saturated rings. The van der Waals surface area contributed by atoms with Gasteiger partial charge in [0.25, 0.3) is 17.4 Å². The third-order valence-corrected chi connectivity index (χ3v) is 6.52. The number of hydroxylamine groups is 2. The van der Waals surface area contributed by atoms with Gasteiger partial charge in [-0.2, -0.15) is 13.2 Å². The minimum Gasteiger partial charge on any atom is -0.374 e. The number of rotatable bonds is 5. The van der Waals surface area contributed by atoms with Gasteiger partial charge >= 0.3 is 6.18 Å². The molecule has 0 saturated carbocycles. The molecule has 1 N–H and O–H groups in total. The van der Waals surface area contributed by atoms with Crippen LogP contribution in [0.3, 0.4) is 0 Å². The quantitative estimate of drug-likeness (QED) is 0.426. The molecule has 0 aliphatic carbocycles. The van der Waals surface area contributed by atoms with E-state index in [4.69, 9.17) is 32.9 Å². The lowest BCUT2D eigenvalue weighted by molar-refractivity contribution is -0.275. The van der Waals surface area contributed by atoms with Crippen LogP contribution in [0.4, 0.5) is 17.6 Å². The highest BCUT2D eigenvalue weighted by molar-refractivity contribution is 6.35. The normalized spacial score (nSPS) is 22.0. The summed E-state index contributed by atoms with van der Waals surface area (Å²) >= 11 is 11.5. The molecule has 2 aromatic rings. The van der Waals surface area contributed by atoms with Crippen LogP contribution in [-0.2, 0) is 20.1 Å². The molecule has 2 heterocycles. The molecule has 0 spiro atoms. The molecule has 4 rings (SSSR count). The molecule has 2 amide bonds. The van der Waals surface area contributed by atoms with E-state index in [1.54, 1.807) is 13.8 Å². The van der Waals surface area contributed by atoms with E-state index < -0.39 is 51.6 Å². The third-order valence-electron chi connectivity index (χ3n) is 5.97. The van der Waals surface area contributed by atoms with Gasteiger partial charge in [0, 0.05) is 24.1 Å². The molecule has 2 unspecified atom stereocenters. The summed E-state index contributed by atoms with van der Waals surface area (Å²) in [7, 11) is 0. The van der Waals surface area contributed by atoms with E-state index in [9.17, 15) is 27.2 Å². The Morgan fingerprint density at radius 1 is 1.25 bits per heavy atom. The van der Waals surface area contributed by atoms with Crippen molar-refractivity contribution in [3.05, 3.63) is 68.4 Å². The first-order valence-electron chi connectivity index (χ1n) is 10.7. The summed E-state index contributed by atoms with van der Waals surface area (Å²) in [4.78, 5) is 35.0. The predicted molar refractivity (Wildman–Crippen MR) is 122 cm³/mol. The molecule has 192 valence electrons. The summed E-state index contributed by atoms with van der Waals surface area (Å²) < 4.78 is 56.4. The molecule has 36 heavy (non-hydrogen) atoms. The van der Waals surface area contributed by atoms with Gasteiger partial charge in [-0.15, -0.1) is 0 Å². The fraction of sp³-hybridized carbons (Fsp3) is 0.348. The highest BCUT2D eigenvalue weighted by Gasteiger charge is 2.62. The van der Waals surface area contributed by atoms with Crippen LogP contribution in [0.1, 0.15) is 40.4 Å². The van der Waals surface area contributed by atoms with Crippen molar-refractivity contribution in [1.82, 2.24) is 10.4 Å². The second-order valence-corrected chi connectivity index (χ2v) is 9.08. The zero-order valence-electron chi connectivity index (χ0n) is 18.9. The van der Waals surface area contributed by atoms with Crippen molar-refractivity contribution in [3.63, 3.8) is 0 Å². The average Bonchev–Trinajstić information content (AvgIpc) is 3.42. The largest absolute Gasteiger partial charge is 0.435 e. The Balaban J connectivity index is 1.57. The van der Waals surface area contributed by atoms with Gasteiger partial charge < -0.3 is 10.2 Å². The molecule has 0 aromatic heterocycles. The van der Waals surface area contributed by atoms with Crippen molar-refractivity contribution in [2.24, 2.45) is 5.16 Å². The monoisotopic (exact) mass is 547 g/mol. The van der Waals surface area contributed by atoms with Crippen molar-refractivity contribution in [2.75, 3.05) is 13.2 Å². The van der Waals surface area contributed by atoms with E-state index >= 15 is 0 Å². The lowest BCUT2D eigenvalue weighted by Crippen LogP contribution is -2.43. The molecule has 0 bridgehead atoms. The van der Waals surface area contributed by atoms with Crippen LogP contribution in [0, 0.1) is 12.7 Å². The summed E-state index contributed by atoms with van der Waals surface area (Å²) in [6, 6.07) is 5.10. The SMILES string of the molecule is CCN1OCC(NC(=O)c2ccc(C3=NOC(c4cc(Cl)c(F)c(Cl)c4)(C(F)(F)F)C3)cc2C)C1=O. The first-order chi connectivity index (χ1) is 16.9. The Morgan fingerprint density at radius 3 is 2.47 bits per heavy atom. The van der Waals surface area contributed by atoms with Crippen LogP contribution in [-0.4, -0.2) is 48.0 Å². The number of amides is 2. The summed E-state index contributed by atoms with van der Waals surface area (Å²) in [6.07, 6.45) is -5.68. The number of hydrogen-bond donors (Lipinski definition) is 1. The van der Waals surface area contributed by atoms with Crippen molar-refractivity contribution in [3.8, 4) is 0 Å². The Labute approximate surface area is 212 Å². The van der Waals surface area contributed by atoms with Gasteiger partial charge in [-0.1, -0.05) is 34.4 Å².